The molecule has 4 heteroatoms. The fourth-order valence-electron chi connectivity index (χ4n) is 1.75. The molecule has 0 unspecified atom stereocenters. The monoisotopic (exact) mass is 274 g/mol. The van der Waals surface area contributed by atoms with Gasteiger partial charge in [0.2, 0.25) is 0 Å². The van der Waals surface area contributed by atoms with Crippen LogP contribution in [0.1, 0.15) is 29.3 Å². The number of nitrogens with zero attached hydrogens (tertiary/aromatic N) is 1. The van der Waals surface area contributed by atoms with Crippen LogP contribution in [-0.4, -0.2) is 17.4 Å². The molecule has 1 aromatic carbocycles. The van der Waals surface area contributed by atoms with Gasteiger partial charge in [0, 0.05) is 6.54 Å². The summed E-state index contributed by atoms with van der Waals surface area (Å²) in [6.45, 7) is 6.75. The Labute approximate surface area is 117 Å². The topological polar surface area (TPSA) is 42.0 Å². The summed E-state index contributed by atoms with van der Waals surface area (Å²) >= 11 is 1.56. The number of benzene rings is 1. The zero-order valence-corrected chi connectivity index (χ0v) is 12.3. The van der Waals surface area contributed by atoms with Crippen molar-refractivity contribution in [2.75, 3.05) is 6.54 Å². The summed E-state index contributed by atoms with van der Waals surface area (Å²) in [7, 11) is 0. The van der Waals surface area contributed by atoms with E-state index in [2.05, 4.69) is 24.1 Å². The molecule has 2 rings (SSSR count). The van der Waals surface area contributed by atoms with Crippen molar-refractivity contribution in [2.24, 2.45) is 5.92 Å². The summed E-state index contributed by atoms with van der Waals surface area (Å²) in [4.78, 5) is 17.5. The van der Waals surface area contributed by atoms with Gasteiger partial charge in [0.05, 0.1) is 9.88 Å². The van der Waals surface area contributed by atoms with Crippen LogP contribution in [0.4, 0.5) is 0 Å². The van der Waals surface area contributed by atoms with E-state index >= 15 is 0 Å². The van der Waals surface area contributed by atoms with E-state index in [0.29, 0.717) is 18.2 Å². The first kappa shape index (κ1) is 13.7. The first-order valence-electron chi connectivity index (χ1n) is 6.39. The Morgan fingerprint density at radius 3 is 2.63 bits per heavy atom. The molecule has 1 N–H and O–H groups in total. The number of aromatic nitrogens is 1. The quantitative estimate of drug-likeness (QED) is 0.927. The van der Waals surface area contributed by atoms with Crippen molar-refractivity contribution in [1.82, 2.24) is 10.3 Å². The van der Waals surface area contributed by atoms with Gasteiger partial charge in [-0.05, 0) is 18.4 Å². The van der Waals surface area contributed by atoms with Crippen LogP contribution in [0, 0.1) is 12.8 Å². The molecule has 0 bridgehead atoms. The summed E-state index contributed by atoms with van der Waals surface area (Å²) in [5, 5.41) is 3.84. The predicted molar refractivity (Wildman–Crippen MR) is 79.5 cm³/mol. The molecule has 19 heavy (non-hydrogen) atoms. The van der Waals surface area contributed by atoms with Gasteiger partial charge in [-0.1, -0.05) is 44.2 Å². The van der Waals surface area contributed by atoms with E-state index in [9.17, 15) is 4.79 Å². The van der Waals surface area contributed by atoms with Crippen molar-refractivity contribution in [3.8, 4) is 10.4 Å². The lowest BCUT2D eigenvalue weighted by Gasteiger charge is -2.07. The molecular weight excluding hydrogens is 256 g/mol. The zero-order chi connectivity index (χ0) is 13.8. The standard InChI is InChI=1S/C15H18N2OS/c1-10(2)9-16-15(18)13-14(19-11(3)17-13)12-7-5-4-6-8-12/h4-8,10H,9H2,1-3H3,(H,16,18). The third-order valence-electron chi connectivity index (χ3n) is 2.66. The lowest BCUT2D eigenvalue weighted by Crippen LogP contribution is -2.28. The lowest BCUT2D eigenvalue weighted by atomic mass is 10.1. The Bertz CT molecular complexity index is 561. The third kappa shape index (κ3) is 3.41. The van der Waals surface area contributed by atoms with Crippen molar-refractivity contribution in [3.05, 3.63) is 41.0 Å². The summed E-state index contributed by atoms with van der Waals surface area (Å²) < 4.78 is 0. The summed E-state index contributed by atoms with van der Waals surface area (Å²) in [6.07, 6.45) is 0. The number of carbonyl (C=O) groups excluding carboxylic acids is 1. The Kier molecular flexibility index (Phi) is 4.32. The largest absolute Gasteiger partial charge is 0.350 e. The normalized spacial score (nSPS) is 10.7. The first-order valence-corrected chi connectivity index (χ1v) is 7.20. The maximum Gasteiger partial charge on any atom is 0.271 e. The van der Waals surface area contributed by atoms with E-state index in [4.69, 9.17) is 0 Å². The molecule has 0 saturated heterocycles. The van der Waals surface area contributed by atoms with E-state index in [1.807, 2.05) is 37.3 Å². The van der Waals surface area contributed by atoms with Crippen molar-refractivity contribution in [3.63, 3.8) is 0 Å². The molecule has 1 heterocycles. The van der Waals surface area contributed by atoms with Crippen LogP contribution in [0.2, 0.25) is 0 Å². The Morgan fingerprint density at radius 2 is 2.00 bits per heavy atom. The number of rotatable bonds is 4. The zero-order valence-electron chi connectivity index (χ0n) is 11.4. The van der Waals surface area contributed by atoms with E-state index in [-0.39, 0.29) is 5.91 Å². The summed E-state index contributed by atoms with van der Waals surface area (Å²) in [5.41, 5.74) is 1.58. The van der Waals surface area contributed by atoms with Crippen LogP contribution < -0.4 is 5.32 Å². The van der Waals surface area contributed by atoms with Gasteiger partial charge in [0.1, 0.15) is 5.69 Å². The van der Waals surface area contributed by atoms with Crippen LogP contribution in [-0.2, 0) is 0 Å². The molecule has 1 aromatic heterocycles. The molecule has 0 aliphatic carbocycles. The second kappa shape index (κ2) is 5.97. The molecule has 0 aliphatic heterocycles. The van der Waals surface area contributed by atoms with E-state index in [0.717, 1.165) is 15.4 Å². The molecule has 0 fully saturated rings. The first-order chi connectivity index (χ1) is 9.08. The number of amides is 1. The van der Waals surface area contributed by atoms with Crippen LogP contribution in [0.3, 0.4) is 0 Å². The fraction of sp³-hybridized carbons (Fsp3) is 0.333. The van der Waals surface area contributed by atoms with Gasteiger partial charge in [-0.2, -0.15) is 0 Å². The molecule has 2 aromatic rings. The molecule has 0 radical (unpaired) electrons. The summed E-state index contributed by atoms with van der Waals surface area (Å²) in [5.74, 6) is 0.348. The molecule has 100 valence electrons. The molecule has 0 aliphatic rings. The van der Waals surface area contributed by atoms with Gasteiger partial charge in [-0.25, -0.2) is 4.98 Å². The van der Waals surface area contributed by atoms with Crippen LogP contribution in [0.5, 0.6) is 0 Å². The lowest BCUT2D eigenvalue weighted by molar-refractivity contribution is 0.0945. The van der Waals surface area contributed by atoms with E-state index in [1.54, 1.807) is 11.3 Å². The highest BCUT2D eigenvalue weighted by atomic mass is 32.1. The molecule has 0 saturated carbocycles. The predicted octanol–water partition coefficient (Wildman–Crippen LogP) is 3.50. The van der Waals surface area contributed by atoms with Crippen LogP contribution in [0.15, 0.2) is 30.3 Å². The second-order valence-electron chi connectivity index (χ2n) is 4.88. The Balaban J connectivity index is 2.29. The number of nitrogens with one attached hydrogen (secondary N) is 1. The molecular formula is C15H18N2OS. The maximum atomic E-state index is 12.2. The van der Waals surface area contributed by atoms with Gasteiger partial charge in [0.25, 0.3) is 5.91 Å². The number of hydrogen-bond acceptors (Lipinski definition) is 3. The highest BCUT2D eigenvalue weighted by Gasteiger charge is 2.17. The average molecular weight is 274 g/mol. The second-order valence-corrected chi connectivity index (χ2v) is 6.08. The number of aryl methyl sites for hydroxylation is 1. The fourth-order valence-corrected chi connectivity index (χ4v) is 2.67. The van der Waals surface area contributed by atoms with E-state index in [1.165, 1.54) is 0 Å². The minimum atomic E-state index is -0.0862. The molecule has 3 nitrogen and oxygen atoms in total. The van der Waals surface area contributed by atoms with Crippen molar-refractivity contribution in [2.45, 2.75) is 20.8 Å². The summed E-state index contributed by atoms with van der Waals surface area (Å²) in [6, 6.07) is 9.93. The number of thiazole rings is 1. The van der Waals surface area contributed by atoms with Gasteiger partial charge < -0.3 is 5.32 Å². The van der Waals surface area contributed by atoms with Crippen molar-refractivity contribution >= 4 is 17.2 Å². The maximum absolute atomic E-state index is 12.2. The van der Waals surface area contributed by atoms with E-state index < -0.39 is 0 Å². The SMILES string of the molecule is Cc1nc(C(=O)NCC(C)C)c(-c2ccccc2)s1. The number of carbonyl (C=O) groups is 1. The average Bonchev–Trinajstić information content (AvgIpc) is 2.79. The smallest absolute Gasteiger partial charge is 0.271 e. The molecule has 1 amide bonds. The van der Waals surface area contributed by atoms with Crippen LogP contribution >= 0.6 is 11.3 Å². The minimum absolute atomic E-state index is 0.0862. The number of hydrogen-bond donors (Lipinski definition) is 1. The van der Waals surface area contributed by atoms with Gasteiger partial charge in [-0.15, -0.1) is 11.3 Å². The van der Waals surface area contributed by atoms with Crippen LogP contribution in [0.25, 0.3) is 10.4 Å². The van der Waals surface area contributed by atoms with Crippen molar-refractivity contribution < 1.29 is 4.79 Å². The van der Waals surface area contributed by atoms with Gasteiger partial charge in [-0.3, -0.25) is 4.79 Å². The molecule has 0 spiro atoms. The van der Waals surface area contributed by atoms with Crippen molar-refractivity contribution in [1.29, 1.82) is 0 Å². The highest BCUT2D eigenvalue weighted by molar-refractivity contribution is 7.15. The third-order valence-corrected chi connectivity index (χ3v) is 3.68. The van der Waals surface area contributed by atoms with Gasteiger partial charge in [0.15, 0.2) is 0 Å². The molecule has 0 atom stereocenters. The van der Waals surface area contributed by atoms with Gasteiger partial charge >= 0.3 is 0 Å². The highest BCUT2D eigenvalue weighted by Crippen LogP contribution is 2.29. The Hall–Kier alpha value is -1.68. The minimum Gasteiger partial charge on any atom is -0.350 e. The Morgan fingerprint density at radius 1 is 1.32 bits per heavy atom.